The Balaban J connectivity index is 3.80. The van der Waals surface area contributed by atoms with Crippen molar-refractivity contribution >= 4 is 0 Å². The minimum absolute atomic E-state index is 0.817. The summed E-state index contributed by atoms with van der Waals surface area (Å²) in [7, 11) is 0. The van der Waals surface area contributed by atoms with Crippen molar-refractivity contribution in [1.82, 2.24) is 0 Å². The van der Waals surface area contributed by atoms with E-state index in [9.17, 15) is 0 Å². The average molecular weight is 248 g/mol. The lowest BCUT2D eigenvalue weighted by Crippen LogP contribution is -1.88. The van der Waals surface area contributed by atoms with Crippen LogP contribution in [0.1, 0.15) is 73.1 Å². The molecule has 0 saturated heterocycles. The normalized spacial score (nSPS) is 13.2. The van der Waals surface area contributed by atoms with Crippen molar-refractivity contribution in [3.05, 3.63) is 35.5 Å². The molecule has 0 radical (unpaired) electrons. The van der Waals surface area contributed by atoms with Crippen LogP contribution in [0, 0.1) is 5.92 Å². The summed E-state index contributed by atoms with van der Waals surface area (Å²) in [4.78, 5) is 0. The zero-order valence-corrected chi connectivity index (χ0v) is 13.2. The molecule has 0 spiro atoms. The van der Waals surface area contributed by atoms with Crippen molar-refractivity contribution in [2.45, 2.75) is 73.1 Å². The predicted octanol–water partition coefficient (Wildman–Crippen LogP) is 6.45. The van der Waals surface area contributed by atoms with E-state index in [0.717, 1.165) is 18.8 Å². The first-order valence-electron chi connectivity index (χ1n) is 7.37. The highest BCUT2D eigenvalue weighted by Crippen LogP contribution is 2.14. The number of allylic oxidation sites excluding steroid dienone is 5. The fourth-order valence-corrected chi connectivity index (χ4v) is 1.83. The molecule has 0 amide bonds. The van der Waals surface area contributed by atoms with Crippen molar-refractivity contribution in [2.75, 3.05) is 0 Å². The molecule has 0 atom stereocenters. The Morgan fingerprint density at radius 1 is 0.889 bits per heavy atom. The van der Waals surface area contributed by atoms with Gasteiger partial charge in [0.2, 0.25) is 0 Å². The number of hydrogen-bond acceptors (Lipinski definition) is 0. The van der Waals surface area contributed by atoms with Gasteiger partial charge in [-0.1, -0.05) is 42.7 Å². The standard InChI is InChI=1S/C18H32/c1-15(2)9-7-10-17(5)11-8-12-18(6)14-13-16(3)4/h10,12,16H,1,7-9,11,13-14H2,2-6H3/b17-10+,18-12+. The number of rotatable bonds is 9. The Kier molecular flexibility index (Phi) is 9.73. The monoisotopic (exact) mass is 248 g/mol. The Morgan fingerprint density at radius 3 is 1.89 bits per heavy atom. The quantitative estimate of drug-likeness (QED) is 0.411. The lowest BCUT2D eigenvalue weighted by atomic mass is 10.0. The molecule has 0 aromatic heterocycles. The van der Waals surface area contributed by atoms with Crippen LogP contribution in [0.5, 0.6) is 0 Å². The van der Waals surface area contributed by atoms with Gasteiger partial charge in [-0.2, -0.15) is 0 Å². The molecule has 0 aliphatic heterocycles. The van der Waals surface area contributed by atoms with Crippen LogP contribution >= 0.6 is 0 Å². The topological polar surface area (TPSA) is 0 Å². The van der Waals surface area contributed by atoms with E-state index in [1.54, 1.807) is 5.57 Å². The fraction of sp³-hybridized carbons (Fsp3) is 0.667. The molecule has 0 rings (SSSR count). The van der Waals surface area contributed by atoms with Crippen molar-refractivity contribution in [3.63, 3.8) is 0 Å². The van der Waals surface area contributed by atoms with Crippen LogP contribution in [0.25, 0.3) is 0 Å². The largest absolute Gasteiger partial charge is 0.100 e. The fourth-order valence-electron chi connectivity index (χ4n) is 1.83. The summed E-state index contributed by atoms with van der Waals surface area (Å²) in [6.45, 7) is 15.1. The SMILES string of the molecule is C=C(C)CC/C=C(\C)CC/C=C(\C)CCC(C)C. The van der Waals surface area contributed by atoms with Crippen molar-refractivity contribution in [1.29, 1.82) is 0 Å². The van der Waals surface area contributed by atoms with Gasteiger partial charge in [0.25, 0.3) is 0 Å². The van der Waals surface area contributed by atoms with E-state index >= 15 is 0 Å². The third-order valence-electron chi connectivity index (χ3n) is 3.21. The highest BCUT2D eigenvalue weighted by Gasteiger charge is 1.95. The van der Waals surface area contributed by atoms with Gasteiger partial charge in [0.15, 0.2) is 0 Å². The van der Waals surface area contributed by atoms with E-state index < -0.39 is 0 Å². The molecular formula is C18H32. The van der Waals surface area contributed by atoms with Gasteiger partial charge in [-0.15, -0.1) is 6.58 Å². The lowest BCUT2D eigenvalue weighted by Gasteiger charge is -2.05. The maximum atomic E-state index is 3.93. The molecule has 0 saturated carbocycles. The third-order valence-corrected chi connectivity index (χ3v) is 3.21. The van der Waals surface area contributed by atoms with Gasteiger partial charge in [0, 0.05) is 0 Å². The summed E-state index contributed by atoms with van der Waals surface area (Å²) in [5, 5.41) is 0. The Hall–Kier alpha value is -0.780. The van der Waals surface area contributed by atoms with Gasteiger partial charge in [0.05, 0.1) is 0 Å². The second kappa shape index (κ2) is 10.2. The summed E-state index contributed by atoms with van der Waals surface area (Å²) < 4.78 is 0. The summed E-state index contributed by atoms with van der Waals surface area (Å²) in [5.41, 5.74) is 4.35. The van der Waals surface area contributed by atoms with E-state index in [0.29, 0.717) is 0 Å². The zero-order chi connectivity index (χ0) is 14.0. The van der Waals surface area contributed by atoms with Gasteiger partial charge in [-0.25, -0.2) is 0 Å². The molecule has 0 aromatic carbocycles. The van der Waals surface area contributed by atoms with Crippen molar-refractivity contribution in [2.24, 2.45) is 5.92 Å². The van der Waals surface area contributed by atoms with Gasteiger partial charge in [-0.05, 0) is 65.2 Å². The summed E-state index contributed by atoms with van der Waals surface area (Å²) in [5.74, 6) is 0.817. The van der Waals surface area contributed by atoms with Crippen LogP contribution in [-0.4, -0.2) is 0 Å². The smallest absolute Gasteiger partial charge is 0.0288 e. The molecule has 0 fully saturated rings. The van der Waals surface area contributed by atoms with Crippen molar-refractivity contribution in [3.8, 4) is 0 Å². The van der Waals surface area contributed by atoms with Crippen molar-refractivity contribution < 1.29 is 0 Å². The Morgan fingerprint density at radius 2 is 1.39 bits per heavy atom. The highest BCUT2D eigenvalue weighted by molar-refractivity contribution is 5.04. The first-order chi connectivity index (χ1) is 8.41. The van der Waals surface area contributed by atoms with Gasteiger partial charge in [0.1, 0.15) is 0 Å². The van der Waals surface area contributed by atoms with Crippen LogP contribution in [0.3, 0.4) is 0 Å². The molecule has 0 unspecified atom stereocenters. The summed E-state index contributed by atoms with van der Waals surface area (Å²) in [6, 6.07) is 0. The number of hydrogen-bond donors (Lipinski definition) is 0. The summed E-state index contributed by atoms with van der Waals surface area (Å²) >= 11 is 0. The molecule has 0 aromatic rings. The molecule has 0 heteroatoms. The molecule has 0 nitrogen and oxygen atoms in total. The Labute approximate surface area is 115 Å². The first-order valence-corrected chi connectivity index (χ1v) is 7.37. The molecule has 18 heavy (non-hydrogen) atoms. The van der Waals surface area contributed by atoms with Gasteiger partial charge < -0.3 is 0 Å². The highest BCUT2D eigenvalue weighted by atomic mass is 14.0. The van der Waals surface area contributed by atoms with Crippen LogP contribution < -0.4 is 0 Å². The third kappa shape index (κ3) is 11.7. The lowest BCUT2D eigenvalue weighted by molar-refractivity contribution is 0.583. The minimum atomic E-state index is 0.817. The maximum absolute atomic E-state index is 3.93. The zero-order valence-electron chi connectivity index (χ0n) is 13.2. The van der Waals surface area contributed by atoms with E-state index in [1.165, 1.54) is 36.8 Å². The van der Waals surface area contributed by atoms with Crippen LogP contribution in [-0.2, 0) is 0 Å². The van der Waals surface area contributed by atoms with Gasteiger partial charge >= 0.3 is 0 Å². The van der Waals surface area contributed by atoms with E-state index in [-0.39, 0.29) is 0 Å². The van der Waals surface area contributed by atoms with Crippen LogP contribution in [0.15, 0.2) is 35.5 Å². The molecule has 0 aliphatic carbocycles. The second-order valence-electron chi connectivity index (χ2n) is 6.07. The molecule has 0 aliphatic rings. The van der Waals surface area contributed by atoms with E-state index in [1.807, 2.05) is 0 Å². The second-order valence-corrected chi connectivity index (χ2v) is 6.07. The first kappa shape index (κ1) is 17.2. The molecule has 0 heterocycles. The van der Waals surface area contributed by atoms with Crippen LogP contribution in [0.4, 0.5) is 0 Å². The van der Waals surface area contributed by atoms with Gasteiger partial charge in [-0.3, -0.25) is 0 Å². The molecule has 104 valence electrons. The summed E-state index contributed by atoms with van der Waals surface area (Å²) in [6.07, 6.45) is 12.0. The minimum Gasteiger partial charge on any atom is -0.100 e. The predicted molar refractivity (Wildman–Crippen MR) is 84.9 cm³/mol. The molecular weight excluding hydrogens is 216 g/mol. The molecule has 0 bridgehead atoms. The van der Waals surface area contributed by atoms with E-state index in [4.69, 9.17) is 0 Å². The molecule has 0 N–H and O–H groups in total. The van der Waals surface area contributed by atoms with E-state index in [2.05, 4.69) is 53.3 Å². The maximum Gasteiger partial charge on any atom is -0.0288 e. The van der Waals surface area contributed by atoms with Crippen LogP contribution in [0.2, 0.25) is 0 Å². The average Bonchev–Trinajstić information content (AvgIpc) is 2.25. The Bertz CT molecular complexity index is 289.